The minimum atomic E-state index is -0.443. The SMILES string of the molecule is CCCCC[C@H]1N(NC(=O)c2ccccc2C=O)[C@@]12[C@@H]1C[C@H](C)OC(=O)N12. The second kappa shape index (κ2) is 6.64. The lowest BCUT2D eigenvalue weighted by Gasteiger charge is -2.17. The normalized spacial score (nSPS) is 33.3. The van der Waals surface area contributed by atoms with Crippen LogP contribution in [0.2, 0.25) is 0 Å². The number of carbonyl (C=O) groups is 3. The summed E-state index contributed by atoms with van der Waals surface area (Å²) >= 11 is 0. The molecular formula is C20H25N3O4. The van der Waals surface area contributed by atoms with Crippen molar-refractivity contribution in [1.82, 2.24) is 15.3 Å². The number of rotatable bonds is 7. The van der Waals surface area contributed by atoms with Crippen molar-refractivity contribution in [3.63, 3.8) is 0 Å². The summed E-state index contributed by atoms with van der Waals surface area (Å²) < 4.78 is 5.37. The van der Waals surface area contributed by atoms with Gasteiger partial charge in [0.05, 0.1) is 17.6 Å². The highest BCUT2D eigenvalue weighted by Gasteiger charge is 2.86. The van der Waals surface area contributed by atoms with Gasteiger partial charge in [-0.2, -0.15) is 5.01 Å². The maximum absolute atomic E-state index is 12.8. The molecule has 0 aromatic heterocycles. The zero-order valence-corrected chi connectivity index (χ0v) is 15.7. The number of hydrazine groups is 1. The van der Waals surface area contributed by atoms with E-state index in [0.29, 0.717) is 17.4 Å². The van der Waals surface area contributed by atoms with Crippen molar-refractivity contribution in [2.45, 2.75) is 69.8 Å². The Morgan fingerprint density at radius 3 is 2.89 bits per heavy atom. The fourth-order valence-corrected chi connectivity index (χ4v) is 4.58. The number of cyclic esters (lactones) is 1. The maximum Gasteiger partial charge on any atom is 0.412 e. The summed E-state index contributed by atoms with van der Waals surface area (Å²) in [6, 6.07) is 6.90. The molecule has 144 valence electrons. The number of amides is 2. The number of fused-ring (bicyclic) bond motifs is 3. The van der Waals surface area contributed by atoms with Gasteiger partial charge in [-0.25, -0.2) is 4.79 Å². The summed E-state index contributed by atoms with van der Waals surface area (Å²) in [4.78, 5) is 38.1. The van der Waals surface area contributed by atoms with E-state index in [1.807, 2.05) is 11.9 Å². The molecule has 3 heterocycles. The van der Waals surface area contributed by atoms with Gasteiger partial charge in [0.25, 0.3) is 5.91 Å². The van der Waals surface area contributed by atoms with E-state index in [-0.39, 0.29) is 30.2 Å². The van der Waals surface area contributed by atoms with Crippen LogP contribution in [0.15, 0.2) is 24.3 Å². The first-order valence-electron chi connectivity index (χ1n) is 9.70. The van der Waals surface area contributed by atoms with Gasteiger partial charge in [0, 0.05) is 12.0 Å². The summed E-state index contributed by atoms with van der Waals surface area (Å²) in [5.74, 6) is -0.318. The summed E-state index contributed by atoms with van der Waals surface area (Å²) in [6.07, 6.45) is 5.24. The lowest BCUT2D eigenvalue weighted by Crippen LogP contribution is -2.33. The lowest BCUT2D eigenvalue weighted by molar-refractivity contribution is 0.0643. The molecule has 0 saturated carbocycles. The molecule has 3 saturated heterocycles. The molecule has 3 aliphatic heterocycles. The minimum absolute atomic E-state index is 0.0852. The summed E-state index contributed by atoms with van der Waals surface area (Å²) in [5, 5.41) is 1.90. The van der Waals surface area contributed by atoms with Crippen LogP contribution in [-0.2, 0) is 4.74 Å². The van der Waals surface area contributed by atoms with Gasteiger partial charge in [0.1, 0.15) is 6.10 Å². The first kappa shape index (κ1) is 18.0. The molecule has 27 heavy (non-hydrogen) atoms. The third kappa shape index (κ3) is 2.72. The number of nitrogens with zero attached hydrogens (tertiary/aromatic N) is 2. The highest BCUT2D eigenvalue weighted by molar-refractivity contribution is 6.01. The Hall–Kier alpha value is -2.41. The largest absolute Gasteiger partial charge is 0.446 e. The Morgan fingerprint density at radius 1 is 1.37 bits per heavy atom. The Labute approximate surface area is 158 Å². The molecule has 1 aromatic carbocycles. The average molecular weight is 371 g/mol. The number of ether oxygens (including phenoxy) is 1. The molecule has 1 spiro atoms. The Kier molecular flexibility index (Phi) is 4.42. The molecule has 1 aromatic rings. The van der Waals surface area contributed by atoms with E-state index in [2.05, 4.69) is 12.3 Å². The molecule has 2 amide bonds. The molecule has 5 atom stereocenters. The molecule has 0 radical (unpaired) electrons. The quantitative estimate of drug-likeness (QED) is 0.453. The van der Waals surface area contributed by atoms with Crippen LogP contribution in [0.1, 0.15) is 66.7 Å². The number of nitrogens with one attached hydrogen (secondary N) is 1. The van der Waals surface area contributed by atoms with Gasteiger partial charge in [-0.3, -0.25) is 19.9 Å². The van der Waals surface area contributed by atoms with Gasteiger partial charge in [-0.1, -0.05) is 44.4 Å². The first-order chi connectivity index (χ1) is 13.1. The van der Waals surface area contributed by atoms with Crippen LogP contribution in [-0.4, -0.2) is 52.0 Å². The van der Waals surface area contributed by atoms with E-state index < -0.39 is 5.66 Å². The number of benzene rings is 1. The van der Waals surface area contributed by atoms with Crippen molar-refractivity contribution in [3.05, 3.63) is 35.4 Å². The van der Waals surface area contributed by atoms with Gasteiger partial charge in [0.2, 0.25) is 0 Å². The summed E-state index contributed by atoms with van der Waals surface area (Å²) in [7, 11) is 0. The first-order valence-corrected chi connectivity index (χ1v) is 9.70. The van der Waals surface area contributed by atoms with Gasteiger partial charge < -0.3 is 4.74 Å². The predicted octanol–water partition coefficient (Wildman–Crippen LogP) is 2.72. The van der Waals surface area contributed by atoms with Crippen LogP contribution in [0, 0.1) is 0 Å². The molecule has 1 unspecified atom stereocenters. The van der Waals surface area contributed by atoms with Gasteiger partial charge in [0.15, 0.2) is 11.9 Å². The van der Waals surface area contributed by atoms with E-state index in [1.165, 1.54) is 0 Å². The van der Waals surface area contributed by atoms with E-state index in [1.54, 1.807) is 29.2 Å². The standard InChI is InChI=1S/C20H25N3O4/c1-3-4-5-10-16-20(17-11-13(2)27-19(26)22(17)20)23(16)21-18(25)15-9-7-6-8-14(15)12-24/h6-9,12-13,16-17H,3-5,10-11H2,1-2H3,(H,21,25)/t13-,16+,17-,20+,22?,23?/m0/s1. The fraction of sp³-hybridized carbons (Fsp3) is 0.550. The van der Waals surface area contributed by atoms with Crippen molar-refractivity contribution in [2.24, 2.45) is 0 Å². The van der Waals surface area contributed by atoms with Crippen LogP contribution in [0.3, 0.4) is 0 Å². The predicted molar refractivity (Wildman–Crippen MR) is 98.0 cm³/mol. The Bertz CT molecular complexity index is 782. The summed E-state index contributed by atoms with van der Waals surface area (Å²) in [5.41, 5.74) is 3.21. The Morgan fingerprint density at radius 2 is 2.15 bits per heavy atom. The molecular weight excluding hydrogens is 346 g/mol. The number of hydrogen-bond donors (Lipinski definition) is 1. The molecule has 3 fully saturated rings. The van der Waals surface area contributed by atoms with E-state index in [9.17, 15) is 14.4 Å². The second-order valence-electron chi connectivity index (χ2n) is 7.63. The number of aldehydes is 1. The minimum Gasteiger partial charge on any atom is -0.446 e. The molecule has 4 rings (SSSR count). The third-order valence-corrected chi connectivity index (χ3v) is 5.93. The van der Waals surface area contributed by atoms with Crippen LogP contribution < -0.4 is 5.43 Å². The highest BCUT2D eigenvalue weighted by atomic mass is 16.6. The zero-order chi connectivity index (χ0) is 19.2. The average Bonchev–Trinajstić information content (AvgIpc) is 3.50. The molecule has 7 heteroatoms. The second-order valence-corrected chi connectivity index (χ2v) is 7.63. The smallest absolute Gasteiger partial charge is 0.412 e. The molecule has 0 bridgehead atoms. The Balaban J connectivity index is 1.53. The third-order valence-electron chi connectivity index (χ3n) is 5.93. The monoisotopic (exact) mass is 371 g/mol. The maximum atomic E-state index is 12.8. The van der Waals surface area contributed by atoms with Crippen LogP contribution in [0.4, 0.5) is 4.79 Å². The van der Waals surface area contributed by atoms with Crippen molar-refractivity contribution in [3.8, 4) is 0 Å². The van der Waals surface area contributed by atoms with Crippen LogP contribution in [0.5, 0.6) is 0 Å². The highest BCUT2D eigenvalue weighted by Crippen LogP contribution is 2.64. The van der Waals surface area contributed by atoms with Crippen LogP contribution >= 0.6 is 0 Å². The van der Waals surface area contributed by atoms with Gasteiger partial charge in [-0.05, 0) is 19.4 Å². The molecule has 3 aliphatic rings. The molecule has 7 nitrogen and oxygen atoms in total. The van der Waals surface area contributed by atoms with Crippen molar-refractivity contribution >= 4 is 18.3 Å². The molecule has 1 N–H and O–H groups in total. The van der Waals surface area contributed by atoms with E-state index in [0.717, 1.165) is 32.1 Å². The number of carbonyl (C=O) groups excluding carboxylic acids is 3. The topological polar surface area (TPSA) is 78.5 Å². The van der Waals surface area contributed by atoms with Gasteiger partial charge in [-0.15, -0.1) is 0 Å². The van der Waals surface area contributed by atoms with Crippen LogP contribution in [0.25, 0.3) is 0 Å². The van der Waals surface area contributed by atoms with Crippen molar-refractivity contribution < 1.29 is 19.1 Å². The number of hydrogen-bond acceptors (Lipinski definition) is 5. The molecule has 0 aliphatic carbocycles. The van der Waals surface area contributed by atoms with Gasteiger partial charge >= 0.3 is 6.09 Å². The zero-order valence-electron chi connectivity index (χ0n) is 15.7. The lowest BCUT2D eigenvalue weighted by atomic mass is 10.1. The van der Waals surface area contributed by atoms with E-state index >= 15 is 0 Å². The van der Waals surface area contributed by atoms with Crippen molar-refractivity contribution in [2.75, 3.05) is 0 Å². The fourth-order valence-electron chi connectivity index (χ4n) is 4.58. The van der Waals surface area contributed by atoms with Crippen molar-refractivity contribution in [1.29, 1.82) is 0 Å². The summed E-state index contributed by atoms with van der Waals surface area (Å²) in [6.45, 7) is 4.05. The van der Waals surface area contributed by atoms with E-state index in [4.69, 9.17) is 4.74 Å². The number of unbranched alkanes of at least 4 members (excludes halogenated alkanes) is 2.